The van der Waals surface area contributed by atoms with Gasteiger partial charge in [0.2, 0.25) is 5.88 Å². The molecular formula is C27H29FN8O3. The molecule has 4 heterocycles. The van der Waals surface area contributed by atoms with Crippen LogP contribution in [0.15, 0.2) is 42.9 Å². The van der Waals surface area contributed by atoms with Crippen LogP contribution >= 0.6 is 0 Å². The molecule has 0 unspecified atom stereocenters. The van der Waals surface area contributed by atoms with E-state index >= 15 is 4.39 Å². The molecule has 0 atom stereocenters. The van der Waals surface area contributed by atoms with Gasteiger partial charge in [0.25, 0.3) is 11.8 Å². The third-order valence-electron chi connectivity index (χ3n) is 6.52. The quantitative estimate of drug-likeness (QED) is 0.388. The molecule has 1 fully saturated rings. The SMILES string of the molecule is Cc1cc2c(F)c(Oc3ncnc(Nc4ccc(C(=O)N5CCN(C)CC5)cn4)c3C(=O)N(C)C)ccc2[nH]1. The van der Waals surface area contributed by atoms with Crippen LogP contribution in [0.5, 0.6) is 11.6 Å². The predicted octanol–water partition coefficient (Wildman–Crippen LogP) is 3.43. The van der Waals surface area contributed by atoms with Gasteiger partial charge < -0.3 is 29.7 Å². The van der Waals surface area contributed by atoms with Gasteiger partial charge in [-0.05, 0) is 44.3 Å². The van der Waals surface area contributed by atoms with E-state index in [1.165, 1.54) is 23.5 Å². The van der Waals surface area contributed by atoms with E-state index in [-0.39, 0.29) is 28.9 Å². The minimum Gasteiger partial charge on any atom is -0.435 e. The molecule has 39 heavy (non-hydrogen) atoms. The average molecular weight is 533 g/mol. The number of hydrogen-bond acceptors (Lipinski definition) is 8. The van der Waals surface area contributed by atoms with Gasteiger partial charge in [-0.3, -0.25) is 9.59 Å². The number of piperazine rings is 1. The van der Waals surface area contributed by atoms with Crippen molar-refractivity contribution in [2.24, 2.45) is 0 Å². The first-order valence-electron chi connectivity index (χ1n) is 12.4. The summed E-state index contributed by atoms with van der Waals surface area (Å²) in [6, 6.07) is 8.16. The number of amides is 2. The zero-order valence-electron chi connectivity index (χ0n) is 22.2. The molecule has 1 aromatic carbocycles. The van der Waals surface area contributed by atoms with E-state index < -0.39 is 11.7 Å². The number of fused-ring (bicyclic) bond motifs is 1. The number of carbonyl (C=O) groups excluding carboxylic acids is 2. The number of halogens is 1. The lowest BCUT2D eigenvalue weighted by Gasteiger charge is -2.32. The number of pyridine rings is 1. The summed E-state index contributed by atoms with van der Waals surface area (Å²) in [6.45, 7) is 4.79. The van der Waals surface area contributed by atoms with Gasteiger partial charge in [-0.25, -0.2) is 19.3 Å². The highest BCUT2D eigenvalue weighted by Gasteiger charge is 2.25. The maximum absolute atomic E-state index is 15.2. The first-order valence-corrected chi connectivity index (χ1v) is 12.4. The molecule has 1 saturated heterocycles. The van der Waals surface area contributed by atoms with Gasteiger partial charge in [0, 0.05) is 63.1 Å². The van der Waals surface area contributed by atoms with E-state index in [1.54, 1.807) is 43.3 Å². The van der Waals surface area contributed by atoms with Gasteiger partial charge in [0.05, 0.1) is 5.56 Å². The van der Waals surface area contributed by atoms with Crippen LogP contribution in [0.4, 0.5) is 16.0 Å². The lowest BCUT2D eigenvalue weighted by molar-refractivity contribution is 0.0663. The van der Waals surface area contributed by atoms with E-state index in [2.05, 4.69) is 30.2 Å². The van der Waals surface area contributed by atoms with Crippen LogP contribution in [-0.4, -0.2) is 93.8 Å². The van der Waals surface area contributed by atoms with E-state index in [0.717, 1.165) is 18.8 Å². The Hall–Kier alpha value is -4.58. The number of anilines is 2. The maximum Gasteiger partial charge on any atom is 0.262 e. The number of nitrogens with zero attached hydrogens (tertiary/aromatic N) is 6. The predicted molar refractivity (Wildman–Crippen MR) is 144 cm³/mol. The molecule has 0 aliphatic carbocycles. The van der Waals surface area contributed by atoms with Crippen molar-refractivity contribution in [2.75, 3.05) is 52.6 Å². The first kappa shape index (κ1) is 26.0. The topological polar surface area (TPSA) is 120 Å². The van der Waals surface area contributed by atoms with E-state index in [9.17, 15) is 9.59 Å². The minimum absolute atomic E-state index is 0.00614. The Morgan fingerprint density at radius 3 is 2.54 bits per heavy atom. The summed E-state index contributed by atoms with van der Waals surface area (Å²) in [7, 11) is 5.19. The molecule has 0 radical (unpaired) electrons. The number of benzene rings is 1. The van der Waals surface area contributed by atoms with Gasteiger partial charge in [0.1, 0.15) is 17.7 Å². The number of ether oxygens (including phenoxy) is 1. The Bertz CT molecular complexity index is 1530. The van der Waals surface area contributed by atoms with Crippen LogP contribution in [0.25, 0.3) is 10.9 Å². The average Bonchev–Trinajstić information content (AvgIpc) is 3.31. The van der Waals surface area contributed by atoms with Crippen molar-refractivity contribution in [2.45, 2.75) is 6.92 Å². The Labute approximate surface area is 224 Å². The van der Waals surface area contributed by atoms with E-state index in [1.807, 2.05) is 14.0 Å². The standard InChI is InChI=1S/C27H29FN8O3/c1-16-13-18-19(32-16)6-7-20(23(18)28)39-25-22(27(38)34(2)3)24(30-15-31-25)33-21-8-5-17(14-29-21)26(37)36-11-9-35(4)10-12-36/h5-8,13-15,32H,9-12H2,1-4H3,(H,29,30,31,33). The van der Waals surface area contributed by atoms with Crippen LogP contribution in [0.2, 0.25) is 0 Å². The molecule has 2 amide bonds. The summed E-state index contributed by atoms with van der Waals surface area (Å²) in [5.41, 5.74) is 1.91. The van der Waals surface area contributed by atoms with Crippen LogP contribution in [0.3, 0.4) is 0 Å². The van der Waals surface area contributed by atoms with Crippen molar-refractivity contribution >= 4 is 34.4 Å². The zero-order valence-corrected chi connectivity index (χ0v) is 22.2. The number of aromatic amines is 1. The summed E-state index contributed by atoms with van der Waals surface area (Å²) in [4.78, 5) is 47.1. The number of H-pyrrole nitrogens is 1. The monoisotopic (exact) mass is 532 g/mol. The summed E-state index contributed by atoms with van der Waals surface area (Å²) < 4.78 is 21.1. The van der Waals surface area contributed by atoms with Gasteiger partial charge in [0.15, 0.2) is 17.4 Å². The fraction of sp³-hybridized carbons (Fsp3) is 0.296. The van der Waals surface area contributed by atoms with Crippen molar-refractivity contribution in [1.29, 1.82) is 0 Å². The fourth-order valence-electron chi connectivity index (χ4n) is 4.34. The summed E-state index contributed by atoms with van der Waals surface area (Å²) in [5.74, 6) is -0.812. The number of aryl methyl sites for hydroxylation is 1. The number of aromatic nitrogens is 4. The summed E-state index contributed by atoms with van der Waals surface area (Å²) in [5, 5.41) is 3.38. The molecule has 0 saturated carbocycles. The van der Waals surface area contributed by atoms with E-state index in [0.29, 0.717) is 35.4 Å². The van der Waals surface area contributed by atoms with Gasteiger partial charge >= 0.3 is 0 Å². The summed E-state index contributed by atoms with van der Waals surface area (Å²) >= 11 is 0. The minimum atomic E-state index is -0.574. The first-order chi connectivity index (χ1) is 18.7. The van der Waals surface area contributed by atoms with Crippen LogP contribution in [0.1, 0.15) is 26.4 Å². The second-order valence-corrected chi connectivity index (χ2v) is 9.65. The van der Waals surface area contributed by atoms with Crippen LogP contribution in [0, 0.1) is 12.7 Å². The molecule has 11 nitrogen and oxygen atoms in total. The highest BCUT2D eigenvalue weighted by Crippen LogP contribution is 2.33. The third-order valence-corrected chi connectivity index (χ3v) is 6.52. The molecule has 4 aromatic rings. The lowest BCUT2D eigenvalue weighted by atomic mass is 10.2. The second kappa shape index (κ2) is 10.7. The number of hydrogen-bond donors (Lipinski definition) is 2. The third kappa shape index (κ3) is 5.36. The number of likely N-dealkylation sites (N-methyl/N-ethyl adjacent to an activating group) is 1. The number of rotatable bonds is 6. The second-order valence-electron chi connectivity index (χ2n) is 9.65. The van der Waals surface area contributed by atoms with Gasteiger partial charge in [-0.2, -0.15) is 0 Å². The fourth-order valence-corrected chi connectivity index (χ4v) is 4.34. The molecule has 3 aromatic heterocycles. The van der Waals surface area contributed by atoms with Crippen molar-refractivity contribution < 1.29 is 18.7 Å². The smallest absolute Gasteiger partial charge is 0.262 e. The van der Waals surface area contributed by atoms with E-state index in [4.69, 9.17) is 4.74 Å². The largest absolute Gasteiger partial charge is 0.435 e. The molecule has 12 heteroatoms. The Morgan fingerprint density at radius 2 is 1.85 bits per heavy atom. The zero-order chi connectivity index (χ0) is 27.7. The Morgan fingerprint density at radius 1 is 1.08 bits per heavy atom. The maximum atomic E-state index is 15.2. The lowest BCUT2D eigenvalue weighted by Crippen LogP contribution is -2.47. The molecule has 0 spiro atoms. The van der Waals surface area contributed by atoms with Crippen LogP contribution < -0.4 is 10.1 Å². The molecule has 1 aliphatic heterocycles. The highest BCUT2D eigenvalue weighted by atomic mass is 19.1. The Balaban J connectivity index is 1.42. The molecule has 5 rings (SSSR count). The van der Waals surface area contributed by atoms with Crippen molar-refractivity contribution in [3.63, 3.8) is 0 Å². The van der Waals surface area contributed by atoms with Gasteiger partial charge in [-0.1, -0.05) is 0 Å². The molecule has 2 N–H and O–H groups in total. The van der Waals surface area contributed by atoms with Gasteiger partial charge in [-0.15, -0.1) is 0 Å². The van der Waals surface area contributed by atoms with Crippen molar-refractivity contribution in [3.8, 4) is 11.6 Å². The number of carbonyl (C=O) groups is 2. The highest BCUT2D eigenvalue weighted by molar-refractivity contribution is 6.01. The molecular weight excluding hydrogens is 503 g/mol. The van der Waals surface area contributed by atoms with Crippen molar-refractivity contribution in [3.05, 3.63) is 65.5 Å². The van der Waals surface area contributed by atoms with Crippen molar-refractivity contribution in [1.82, 2.24) is 34.6 Å². The number of nitrogens with one attached hydrogen (secondary N) is 2. The molecule has 202 valence electrons. The molecule has 0 bridgehead atoms. The van der Waals surface area contributed by atoms with Crippen LogP contribution in [-0.2, 0) is 0 Å². The normalized spacial score (nSPS) is 13.9. The summed E-state index contributed by atoms with van der Waals surface area (Å²) in [6.07, 6.45) is 2.70. The molecule has 1 aliphatic rings. The Kier molecular flexibility index (Phi) is 7.11.